The van der Waals surface area contributed by atoms with Crippen molar-refractivity contribution in [2.24, 2.45) is 0 Å². The van der Waals surface area contributed by atoms with Crippen LogP contribution in [0.2, 0.25) is 5.02 Å². The van der Waals surface area contributed by atoms with Crippen LogP contribution in [-0.4, -0.2) is 4.92 Å². The molecule has 0 bridgehead atoms. The summed E-state index contributed by atoms with van der Waals surface area (Å²) in [6.45, 7) is 0.199. The second-order valence-corrected chi connectivity index (χ2v) is 7.47. The number of nitro groups is 1. The standard InChI is InChI=1S/C22H13BrClFN2O3/c23-20-9-15(8-17(12-26)16-2-1-3-19(11-16)27(28)29)10-21(24)22(20)30-13-14-4-6-18(25)7-5-14/h1-11H,13H2. The normalized spacial score (nSPS) is 11.1. The molecule has 0 saturated carbocycles. The molecule has 0 N–H and O–H groups in total. The summed E-state index contributed by atoms with van der Waals surface area (Å²) in [7, 11) is 0. The van der Waals surface area contributed by atoms with E-state index in [1.165, 1.54) is 30.3 Å². The molecular weight excluding hydrogens is 475 g/mol. The van der Waals surface area contributed by atoms with Crippen LogP contribution < -0.4 is 4.74 Å². The second-order valence-electron chi connectivity index (χ2n) is 6.21. The average molecular weight is 488 g/mol. The summed E-state index contributed by atoms with van der Waals surface area (Å²) >= 11 is 9.76. The van der Waals surface area contributed by atoms with Gasteiger partial charge in [-0.1, -0.05) is 35.9 Å². The van der Waals surface area contributed by atoms with Crippen LogP contribution in [0.15, 0.2) is 65.1 Å². The number of nitriles is 1. The third kappa shape index (κ3) is 5.23. The summed E-state index contributed by atoms with van der Waals surface area (Å²) in [5.74, 6) is 0.0816. The van der Waals surface area contributed by atoms with Crippen molar-refractivity contribution < 1.29 is 14.1 Å². The molecule has 0 aliphatic heterocycles. The van der Waals surface area contributed by atoms with Gasteiger partial charge < -0.3 is 4.74 Å². The Morgan fingerprint density at radius 1 is 1.23 bits per heavy atom. The van der Waals surface area contributed by atoms with Gasteiger partial charge in [-0.15, -0.1) is 0 Å². The number of rotatable bonds is 6. The summed E-state index contributed by atoms with van der Waals surface area (Å²) in [5.41, 5.74) is 1.97. The molecule has 5 nitrogen and oxygen atoms in total. The highest BCUT2D eigenvalue weighted by Crippen LogP contribution is 2.36. The van der Waals surface area contributed by atoms with Gasteiger partial charge in [-0.3, -0.25) is 10.1 Å². The van der Waals surface area contributed by atoms with Crippen LogP contribution in [0.5, 0.6) is 5.75 Å². The molecule has 0 atom stereocenters. The van der Waals surface area contributed by atoms with Gasteiger partial charge in [-0.25, -0.2) is 4.39 Å². The maximum absolute atomic E-state index is 13.0. The zero-order valence-corrected chi connectivity index (χ0v) is 17.7. The van der Waals surface area contributed by atoms with E-state index < -0.39 is 4.92 Å². The van der Waals surface area contributed by atoms with Crippen LogP contribution in [0.4, 0.5) is 10.1 Å². The Balaban J connectivity index is 1.86. The fourth-order valence-corrected chi connectivity index (χ4v) is 3.66. The maximum atomic E-state index is 13.0. The Hall–Kier alpha value is -3.21. The van der Waals surface area contributed by atoms with Gasteiger partial charge in [0, 0.05) is 12.1 Å². The molecule has 0 aromatic heterocycles. The van der Waals surface area contributed by atoms with Crippen LogP contribution in [0.3, 0.4) is 0 Å². The number of non-ortho nitro benzene ring substituents is 1. The predicted octanol–water partition coefficient (Wildman–Crippen LogP) is 6.79. The van der Waals surface area contributed by atoms with Gasteiger partial charge >= 0.3 is 0 Å². The minimum absolute atomic E-state index is 0.0996. The molecule has 0 radical (unpaired) electrons. The van der Waals surface area contributed by atoms with Gasteiger partial charge in [0.05, 0.1) is 26.1 Å². The molecule has 0 heterocycles. The Morgan fingerprint density at radius 2 is 1.97 bits per heavy atom. The lowest BCUT2D eigenvalue weighted by molar-refractivity contribution is -0.384. The van der Waals surface area contributed by atoms with Gasteiger partial charge in [0.15, 0.2) is 5.75 Å². The van der Waals surface area contributed by atoms with E-state index >= 15 is 0 Å². The first-order chi connectivity index (χ1) is 14.4. The third-order valence-corrected chi connectivity index (χ3v) is 4.99. The van der Waals surface area contributed by atoms with Crippen LogP contribution in [0.1, 0.15) is 16.7 Å². The first-order valence-electron chi connectivity index (χ1n) is 8.60. The largest absolute Gasteiger partial charge is 0.486 e. The molecule has 0 amide bonds. The molecule has 0 spiro atoms. The fraction of sp³-hybridized carbons (Fsp3) is 0.0455. The number of hydrogen-bond acceptors (Lipinski definition) is 4. The number of benzene rings is 3. The summed E-state index contributed by atoms with van der Waals surface area (Å²) in [6.07, 6.45) is 1.58. The first-order valence-corrected chi connectivity index (χ1v) is 9.77. The van der Waals surface area contributed by atoms with E-state index in [0.717, 1.165) is 5.56 Å². The molecule has 3 aromatic carbocycles. The summed E-state index contributed by atoms with van der Waals surface area (Å²) < 4.78 is 19.3. The van der Waals surface area contributed by atoms with Gasteiger partial charge in [0.1, 0.15) is 12.4 Å². The Morgan fingerprint density at radius 3 is 2.60 bits per heavy atom. The molecule has 3 rings (SSSR count). The van der Waals surface area contributed by atoms with Gasteiger partial charge in [-0.2, -0.15) is 5.26 Å². The van der Waals surface area contributed by atoms with Crippen LogP contribution in [-0.2, 0) is 6.61 Å². The second kappa shape index (κ2) is 9.53. The van der Waals surface area contributed by atoms with E-state index in [1.807, 2.05) is 0 Å². The van der Waals surface area contributed by atoms with Crippen molar-refractivity contribution in [3.63, 3.8) is 0 Å². The van der Waals surface area contributed by atoms with E-state index in [-0.39, 0.29) is 23.7 Å². The average Bonchev–Trinajstić information content (AvgIpc) is 2.72. The number of allylic oxidation sites excluding steroid dienone is 1. The van der Waals surface area contributed by atoms with Crippen molar-refractivity contribution in [3.05, 3.63) is 103 Å². The molecule has 30 heavy (non-hydrogen) atoms. The van der Waals surface area contributed by atoms with Crippen molar-refractivity contribution in [1.82, 2.24) is 0 Å². The summed E-state index contributed by atoms with van der Waals surface area (Å²) in [5, 5.41) is 20.8. The molecule has 0 saturated heterocycles. The summed E-state index contributed by atoms with van der Waals surface area (Å²) in [6, 6.07) is 17.2. The quantitative estimate of drug-likeness (QED) is 0.166. The third-order valence-electron chi connectivity index (χ3n) is 4.12. The number of halogens is 3. The van der Waals surface area contributed by atoms with Crippen LogP contribution in [0.25, 0.3) is 11.6 Å². The smallest absolute Gasteiger partial charge is 0.270 e. The van der Waals surface area contributed by atoms with E-state index in [0.29, 0.717) is 26.4 Å². The number of nitro benzene ring substituents is 1. The van der Waals surface area contributed by atoms with Crippen LogP contribution in [0, 0.1) is 27.3 Å². The maximum Gasteiger partial charge on any atom is 0.270 e. The molecule has 8 heteroatoms. The lowest BCUT2D eigenvalue weighted by Crippen LogP contribution is -1.97. The van der Waals surface area contributed by atoms with E-state index in [2.05, 4.69) is 22.0 Å². The van der Waals surface area contributed by atoms with Gasteiger partial charge in [0.2, 0.25) is 0 Å². The number of ether oxygens (including phenoxy) is 1. The highest BCUT2D eigenvalue weighted by molar-refractivity contribution is 9.10. The topological polar surface area (TPSA) is 76.2 Å². The molecule has 0 fully saturated rings. The monoisotopic (exact) mass is 486 g/mol. The number of hydrogen-bond donors (Lipinski definition) is 0. The van der Waals surface area contributed by atoms with Crippen molar-refractivity contribution in [3.8, 4) is 11.8 Å². The zero-order chi connectivity index (χ0) is 21.7. The predicted molar refractivity (Wildman–Crippen MR) is 116 cm³/mol. The SMILES string of the molecule is N#CC(=Cc1cc(Cl)c(OCc2ccc(F)cc2)c(Br)c1)c1cccc([N+](=O)[O-])c1. The lowest BCUT2D eigenvalue weighted by Gasteiger charge is -2.11. The molecular formula is C22H13BrClFN2O3. The molecule has 150 valence electrons. The Labute approximate surface area is 185 Å². The fourth-order valence-electron chi connectivity index (χ4n) is 2.67. The van der Waals surface area contributed by atoms with Crippen molar-refractivity contribution in [2.75, 3.05) is 0 Å². The van der Waals surface area contributed by atoms with E-state index in [4.69, 9.17) is 16.3 Å². The van der Waals surface area contributed by atoms with Crippen LogP contribution >= 0.6 is 27.5 Å². The minimum atomic E-state index is -0.515. The minimum Gasteiger partial charge on any atom is -0.486 e. The van der Waals surface area contributed by atoms with E-state index in [1.54, 1.807) is 36.4 Å². The summed E-state index contributed by atoms with van der Waals surface area (Å²) in [4.78, 5) is 10.5. The van der Waals surface area contributed by atoms with Crippen molar-refractivity contribution >= 4 is 44.9 Å². The Bertz CT molecular complexity index is 1150. The Kier molecular flexibility index (Phi) is 6.83. The lowest BCUT2D eigenvalue weighted by atomic mass is 10.0. The molecule has 0 aliphatic carbocycles. The van der Waals surface area contributed by atoms with Crippen molar-refractivity contribution in [1.29, 1.82) is 5.26 Å². The number of nitrogens with zero attached hydrogens (tertiary/aromatic N) is 2. The molecule has 0 unspecified atom stereocenters. The molecule has 3 aromatic rings. The zero-order valence-electron chi connectivity index (χ0n) is 15.3. The first kappa shape index (κ1) is 21.5. The van der Waals surface area contributed by atoms with Gasteiger partial charge in [0.25, 0.3) is 5.69 Å². The molecule has 0 aliphatic rings. The highest BCUT2D eigenvalue weighted by Gasteiger charge is 2.12. The van der Waals surface area contributed by atoms with Crippen molar-refractivity contribution in [2.45, 2.75) is 6.61 Å². The highest BCUT2D eigenvalue weighted by atomic mass is 79.9. The van der Waals surface area contributed by atoms with E-state index in [9.17, 15) is 19.8 Å². The van der Waals surface area contributed by atoms with Gasteiger partial charge in [-0.05, 0) is 63.0 Å².